The van der Waals surface area contributed by atoms with Crippen LogP contribution in [0.15, 0.2) is 58.2 Å². The van der Waals surface area contributed by atoms with Crippen molar-refractivity contribution in [2.24, 2.45) is 11.3 Å². The molecule has 0 radical (unpaired) electrons. The van der Waals surface area contributed by atoms with E-state index in [9.17, 15) is 27.9 Å². The van der Waals surface area contributed by atoms with E-state index in [1.54, 1.807) is 32.9 Å². The van der Waals surface area contributed by atoms with Crippen LogP contribution in [-0.4, -0.2) is 28.3 Å². The number of thioether (sulfide) groups is 1. The fourth-order valence-corrected chi connectivity index (χ4v) is 5.00. The molecule has 3 atom stereocenters. The second-order valence-corrected chi connectivity index (χ2v) is 10.6. The number of benzene rings is 1. The number of nitrogens with one attached hydrogen (secondary N) is 1. The van der Waals surface area contributed by atoms with Gasteiger partial charge in [-0.05, 0) is 29.2 Å². The maximum absolute atomic E-state index is 13.1. The van der Waals surface area contributed by atoms with Gasteiger partial charge < -0.3 is 15.2 Å². The third kappa shape index (κ3) is 5.95. The third-order valence-electron chi connectivity index (χ3n) is 5.23. The number of rotatable bonds is 6. The molecular weight excluding hydrogens is 479 g/mol. The van der Waals surface area contributed by atoms with E-state index in [1.807, 2.05) is 6.08 Å². The van der Waals surface area contributed by atoms with Crippen LogP contribution in [0.3, 0.4) is 0 Å². The summed E-state index contributed by atoms with van der Waals surface area (Å²) in [4.78, 5) is 24.7. The molecule has 3 rings (SSSR count). The van der Waals surface area contributed by atoms with Crippen molar-refractivity contribution in [3.63, 3.8) is 0 Å². The maximum atomic E-state index is 13.1. The number of fused-ring (bicyclic) bond motifs is 1. The zero-order valence-corrected chi connectivity index (χ0v) is 19.6. The summed E-state index contributed by atoms with van der Waals surface area (Å²) in [5.74, 6) is -1.60. The van der Waals surface area contributed by atoms with Gasteiger partial charge in [-0.15, -0.1) is 11.8 Å². The van der Waals surface area contributed by atoms with E-state index in [0.29, 0.717) is 15.7 Å². The van der Waals surface area contributed by atoms with E-state index in [1.165, 1.54) is 23.9 Å². The Hall–Kier alpha value is -2.39. The van der Waals surface area contributed by atoms with Crippen molar-refractivity contribution in [1.29, 1.82) is 0 Å². The number of allylic oxidation sites excluding steroid dienone is 2. The Bertz CT molecular complexity index is 1030. The molecule has 5 nitrogen and oxygen atoms in total. The number of ether oxygens (including phenoxy) is 1. The van der Waals surface area contributed by atoms with E-state index >= 15 is 0 Å². The molecule has 0 fully saturated rings. The summed E-state index contributed by atoms with van der Waals surface area (Å²) >= 11 is 7.47. The van der Waals surface area contributed by atoms with Crippen molar-refractivity contribution in [3.8, 4) is 0 Å². The number of halogens is 4. The predicted molar refractivity (Wildman–Crippen MR) is 120 cm³/mol. The minimum Gasteiger partial charge on any atom is -0.491 e. The van der Waals surface area contributed by atoms with Gasteiger partial charge in [0.25, 0.3) is 5.91 Å². The molecule has 0 saturated heterocycles. The van der Waals surface area contributed by atoms with Crippen LogP contribution in [0.25, 0.3) is 0 Å². The van der Waals surface area contributed by atoms with Crippen LogP contribution >= 0.6 is 23.4 Å². The summed E-state index contributed by atoms with van der Waals surface area (Å²) in [5.41, 5.74) is -0.861. The molecule has 178 valence electrons. The lowest BCUT2D eigenvalue weighted by molar-refractivity contribution is -0.144. The van der Waals surface area contributed by atoms with Crippen LogP contribution in [0, 0.1) is 11.3 Å². The summed E-state index contributed by atoms with van der Waals surface area (Å²) in [7, 11) is 0. The maximum Gasteiger partial charge on any atom is 0.416 e. The van der Waals surface area contributed by atoms with Crippen molar-refractivity contribution >= 4 is 35.2 Å². The van der Waals surface area contributed by atoms with Crippen molar-refractivity contribution < 1.29 is 32.6 Å². The van der Waals surface area contributed by atoms with Gasteiger partial charge in [0.2, 0.25) is 0 Å². The first-order chi connectivity index (χ1) is 15.3. The molecule has 2 N–H and O–H groups in total. The Morgan fingerprint density at radius 3 is 2.39 bits per heavy atom. The Labute approximate surface area is 198 Å². The third-order valence-corrected chi connectivity index (χ3v) is 6.77. The van der Waals surface area contributed by atoms with E-state index in [4.69, 9.17) is 16.3 Å². The van der Waals surface area contributed by atoms with Crippen molar-refractivity contribution in [3.05, 3.63) is 69.3 Å². The zero-order valence-electron chi connectivity index (χ0n) is 18.1. The second kappa shape index (κ2) is 9.46. The fraction of sp³-hybridized carbons (Fsp3) is 0.391. The number of carboxylic acids is 1. The minimum absolute atomic E-state index is 0.0683. The number of hydrogen-bond acceptors (Lipinski definition) is 4. The van der Waals surface area contributed by atoms with Crippen molar-refractivity contribution in [1.82, 2.24) is 5.32 Å². The normalized spacial score (nSPS) is 21.4. The molecule has 2 unspecified atom stereocenters. The highest BCUT2D eigenvalue weighted by Crippen LogP contribution is 2.46. The Kier molecular flexibility index (Phi) is 7.24. The van der Waals surface area contributed by atoms with Crippen molar-refractivity contribution in [2.75, 3.05) is 0 Å². The number of carbonyl (C=O) groups excluding carboxylic acids is 1. The smallest absolute Gasteiger partial charge is 0.416 e. The first kappa shape index (κ1) is 25.2. The summed E-state index contributed by atoms with van der Waals surface area (Å²) < 4.78 is 44.9. The Balaban J connectivity index is 1.86. The molecule has 1 aliphatic heterocycles. The van der Waals surface area contributed by atoms with Gasteiger partial charge in [0.05, 0.1) is 20.8 Å². The molecule has 1 amide bonds. The molecule has 1 aromatic rings. The predicted octanol–water partition coefficient (Wildman–Crippen LogP) is 5.47. The lowest BCUT2D eigenvalue weighted by Gasteiger charge is -2.30. The molecule has 1 aromatic carbocycles. The molecule has 0 bridgehead atoms. The van der Waals surface area contributed by atoms with Crippen LogP contribution in [0.4, 0.5) is 13.2 Å². The standard InChI is InChI=1S/C23H23ClF3NO4S/c1-22(2,3)19(21(30)31)28-20(29)15-9-6-13-10-16(24)33-18(13)17(15)32-11-12-4-7-14(8-5-12)23(25,26)27/h4-10,13,18-19H,11H2,1-3H3,(H,28,29)(H,30,31)/t13?,18?,19-/m1/s1. The Morgan fingerprint density at radius 1 is 1.21 bits per heavy atom. The van der Waals surface area contributed by atoms with Crippen LogP contribution < -0.4 is 5.32 Å². The average molecular weight is 502 g/mol. The number of alkyl halides is 3. The molecule has 2 aliphatic rings. The molecule has 0 spiro atoms. The lowest BCUT2D eigenvalue weighted by atomic mass is 9.86. The zero-order chi connectivity index (χ0) is 24.6. The van der Waals surface area contributed by atoms with Gasteiger partial charge in [-0.2, -0.15) is 13.2 Å². The number of carbonyl (C=O) groups is 2. The van der Waals surface area contributed by atoms with E-state index in [2.05, 4.69) is 5.32 Å². The Morgan fingerprint density at radius 2 is 1.85 bits per heavy atom. The van der Waals surface area contributed by atoms with E-state index in [0.717, 1.165) is 12.1 Å². The van der Waals surface area contributed by atoms with E-state index in [-0.39, 0.29) is 23.3 Å². The van der Waals surface area contributed by atoms with Gasteiger partial charge in [0, 0.05) is 5.92 Å². The van der Waals surface area contributed by atoms with Gasteiger partial charge >= 0.3 is 12.1 Å². The van der Waals surface area contributed by atoms with Crippen molar-refractivity contribution in [2.45, 2.75) is 44.8 Å². The first-order valence-corrected chi connectivity index (χ1v) is 11.3. The van der Waals surface area contributed by atoms with E-state index < -0.39 is 35.1 Å². The van der Waals surface area contributed by atoms with Gasteiger partial charge in [-0.3, -0.25) is 4.79 Å². The largest absolute Gasteiger partial charge is 0.491 e. The average Bonchev–Trinajstić information content (AvgIpc) is 3.09. The number of amides is 1. The topological polar surface area (TPSA) is 75.6 Å². The summed E-state index contributed by atoms with van der Waals surface area (Å²) in [5, 5.41) is 11.8. The van der Waals surface area contributed by atoms with Gasteiger partial charge in [-0.25, -0.2) is 4.79 Å². The van der Waals surface area contributed by atoms with Crippen LogP contribution in [0.1, 0.15) is 31.9 Å². The summed E-state index contributed by atoms with van der Waals surface area (Å²) in [6, 6.07) is 3.41. The van der Waals surface area contributed by atoms with Crippen LogP contribution in [-0.2, 0) is 27.1 Å². The van der Waals surface area contributed by atoms with Gasteiger partial charge in [0.1, 0.15) is 18.4 Å². The summed E-state index contributed by atoms with van der Waals surface area (Å²) in [6.45, 7) is 5.03. The summed E-state index contributed by atoms with van der Waals surface area (Å²) in [6.07, 6.45) is 0.733. The molecule has 0 saturated carbocycles. The molecule has 1 heterocycles. The quantitative estimate of drug-likeness (QED) is 0.540. The molecule has 33 heavy (non-hydrogen) atoms. The lowest BCUT2D eigenvalue weighted by Crippen LogP contribution is -2.49. The monoisotopic (exact) mass is 501 g/mol. The fourth-order valence-electron chi connectivity index (χ4n) is 3.46. The first-order valence-electron chi connectivity index (χ1n) is 10.1. The molecular formula is C23H23ClF3NO4S. The van der Waals surface area contributed by atoms with Crippen LogP contribution in [0.5, 0.6) is 0 Å². The number of carboxylic acid groups (broad SMARTS) is 1. The van der Waals surface area contributed by atoms with Gasteiger partial charge in [-0.1, -0.05) is 56.7 Å². The highest BCUT2D eigenvalue weighted by molar-refractivity contribution is 8.05. The highest BCUT2D eigenvalue weighted by atomic mass is 35.5. The van der Waals surface area contributed by atoms with Gasteiger partial charge in [0.15, 0.2) is 0 Å². The number of aliphatic carboxylic acids is 1. The molecule has 1 aliphatic carbocycles. The second-order valence-electron chi connectivity index (χ2n) is 8.82. The molecule has 10 heteroatoms. The molecule has 0 aromatic heterocycles. The SMILES string of the molecule is CC(C)(C)[C@H](NC(=O)C1=C(OCc2ccc(C(F)(F)F)cc2)C2SC(Cl)=CC2C=C1)C(=O)O. The highest BCUT2D eigenvalue weighted by Gasteiger charge is 2.39. The minimum atomic E-state index is -4.44. The number of hydrogen-bond donors (Lipinski definition) is 2. The van der Waals surface area contributed by atoms with Crippen LogP contribution in [0.2, 0.25) is 0 Å².